The van der Waals surface area contributed by atoms with E-state index in [1.807, 2.05) is 0 Å². The maximum Gasteiger partial charge on any atom is 0.224 e. The Morgan fingerprint density at radius 3 is 2.93 bits per heavy atom. The highest BCUT2D eigenvalue weighted by Crippen LogP contribution is 2.06. The molecule has 0 aromatic carbocycles. The Morgan fingerprint density at radius 1 is 1.40 bits per heavy atom. The van der Waals surface area contributed by atoms with Gasteiger partial charge in [0.1, 0.15) is 5.82 Å². The molecule has 0 bridgehead atoms. The quantitative estimate of drug-likeness (QED) is 0.755. The minimum absolute atomic E-state index is 0.508. The fourth-order valence-corrected chi connectivity index (χ4v) is 1.79. The van der Waals surface area contributed by atoms with Crippen LogP contribution in [0.5, 0.6) is 0 Å². The first-order valence-corrected chi connectivity index (χ1v) is 5.39. The molecule has 0 unspecified atom stereocenters. The van der Waals surface area contributed by atoms with Gasteiger partial charge in [-0.15, -0.1) is 0 Å². The average molecular weight is 207 g/mol. The summed E-state index contributed by atoms with van der Waals surface area (Å²) in [5.41, 5.74) is 5.55. The van der Waals surface area contributed by atoms with Gasteiger partial charge in [0.15, 0.2) is 0 Å². The van der Waals surface area contributed by atoms with E-state index in [-0.39, 0.29) is 0 Å². The van der Waals surface area contributed by atoms with Crippen molar-refractivity contribution in [2.45, 2.75) is 12.8 Å². The summed E-state index contributed by atoms with van der Waals surface area (Å²) >= 11 is 0. The van der Waals surface area contributed by atoms with Crippen LogP contribution in [-0.2, 0) is 0 Å². The van der Waals surface area contributed by atoms with Crippen molar-refractivity contribution in [2.24, 2.45) is 0 Å². The third-order valence-corrected chi connectivity index (χ3v) is 2.59. The minimum atomic E-state index is 0.508. The van der Waals surface area contributed by atoms with Gasteiger partial charge in [0.2, 0.25) is 5.95 Å². The summed E-state index contributed by atoms with van der Waals surface area (Å²) < 4.78 is 0. The molecule has 5 heteroatoms. The van der Waals surface area contributed by atoms with Crippen LogP contribution in [0.25, 0.3) is 0 Å². The lowest BCUT2D eigenvalue weighted by Gasteiger charge is -2.14. The van der Waals surface area contributed by atoms with Crippen LogP contribution in [0.1, 0.15) is 12.8 Å². The molecule has 0 aliphatic carbocycles. The summed E-state index contributed by atoms with van der Waals surface area (Å²) in [5.74, 6) is 1.13. The normalized spacial score (nSPS) is 16.8. The zero-order valence-electron chi connectivity index (χ0n) is 8.82. The van der Waals surface area contributed by atoms with Crippen LogP contribution in [0.15, 0.2) is 12.3 Å². The van der Waals surface area contributed by atoms with E-state index in [1.165, 1.54) is 25.9 Å². The Hall–Kier alpha value is -1.36. The molecule has 1 aromatic heterocycles. The summed E-state index contributed by atoms with van der Waals surface area (Å²) in [4.78, 5) is 10.6. The number of anilines is 2. The molecule has 3 N–H and O–H groups in total. The standard InChI is InChI=1S/C10H17N5/c11-9-3-4-12-10(14-9)13-5-8-15-6-1-2-7-15/h3-4H,1-2,5-8H2,(H3,11,12,13,14). The van der Waals surface area contributed by atoms with Crippen molar-refractivity contribution in [3.05, 3.63) is 12.3 Å². The van der Waals surface area contributed by atoms with Gasteiger partial charge in [0.25, 0.3) is 0 Å². The van der Waals surface area contributed by atoms with Crippen molar-refractivity contribution in [1.29, 1.82) is 0 Å². The van der Waals surface area contributed by atoms with Gasteiger partial charge in [-0.3, -0.25) is 0 Å². The SMILES string of the molecule is Nc1ccnc(NCCN2CCCC2)n1. The second-order valence-corrected chi connectivity index (χ2v) is 3.78. The number of aromatic nitrogens is 2. The Bertz CT molecular complexity index is 308. The van der Waals surface area contributed by atoms with E-state index in [9.17, 15) is 0 Å². The number of rotatable bonds is 4. The van der Waals surface area contributed by atoms with E-state index in [0.717, 1.165) is 13.1 Å². The maximum atomic E-state index is 5.55. The molecular formula is C10H17N5. The third kappa shape index (κ3) is 3.06. The van der Waals surface area contributed by atoms with Gasteiger partial charge in [-0.1, -0.05) is 0 Å². The smallest absolute Gasteiger partial charge is 0.224 e. The molecule has 15 heavy (non-hydrogen) atoms. The predicted octanol–water partition coefficient (Wildman–Crippen LogP) is 0.566. The Kier molecular flexibility index (Phi) is 3.34. The van der Waals surface area contributed by atoms with Gasteiger partial charge in [0, 0.05) is 19.3 Å². The number of hydrogen-bond donors (Lipinski definition) is 2. The fourth-order valence-electron chi connectivity index (χ4n) is 1.79. The average Bonchev–Trinajstić information content (AvgIpc) is 2.71. The molecule has 2 heterocycles. The van der Waals surface area contributed by atoms with Crippen molar-refractivity contribution < 1.29 is 0 Å². The van der Waals surface area contributed by atoms with E-state index in [1.54, 1.807) is 12.3 Å². The van der Waals surface area contributed by atoms with Crippen LogP contribution in [0, 0.1) is 0 Å². The number of nitrogens with two attached hydrogens (primary N) is 1. The molecule has 1 aliphatic heterocycles. The van der Waals surface area contributed by atoms with Crippen molar-refractivity contribution >= 4 is 11.8 Å². The van der Waals surface area contributed by atoms with Crippen LogP contribution in [0.4, 0.5) is 11.8 Å². The summed E-state index contributed by atoms with van der Waals surface area (Å²) in [5, 5.41) is 3.17. The van der Waals surface area contributed by atoms with Crippen LogP contribution in [0.2, 0.25) is 0 Å². The topological polar surface area (TPSA) is 67.1 Å². The zero-order valence-corrected chi connectivity index (χ0v) is 8.82. The van der Waals surface area contributed by atoms with Gasteiger partial charge < -0.3 is 16.0 Å². The molecule has 0 spiro atoms. The van der Waals surface area contributed by atoms with Gasteiger partial charge in [-0.2, -0.15) is 4.98 Å². The molecule has 1 fully saturated rings. The highest BCUT2D eigenvalue weighted by molar-refractivity contribution is 5.34. The third-order valence-electron chi connectivity index (χ3n) is 2.59. The fraction of sp³-hybridized carbons (Fsp3) is 0.600. The first-order chi connectivity index (χ1) is 7.34. The van der Waals surface area contributed by atoms with Crippen molar-refractivity contribution in [2.75, 3.05) is 37.2 Å². The lowest BCUT2D eigenvalue weighted by molar-refractivity contribution is 0.352. The largest absolute Gasteiger partial charge is 0.384 e. The van der Waals surface area contributed by atoms with Gasteiger partial charge in [0.05, 0.1) is 0 Å². The molecule has 1 aromatic rings. The van der Waals surface area contributed by atoms with E-state index in [2.05, 4.69) is 20.2 Å². The molecule has 1 saturated heterocycles. The molecule has 5 nitrogen and oxygen atoms in total. The summed E-state index contributed by atoms with van der Waals surface area (Å²) in [6.07, 6.45) is 4.32. The first-order valence-electron chi connectivity index (χ1n) is 5.39. The van der Waals surface area contributed by atoms with Crippen LogP contribution in [0.3, 0.4) is 0 Å². The minimum Gasteiger partial charge on any atom is -0.384 e. The molecule has 1 aliphatic rings. The van der Waals surface area contributed by atoms with Gasteiger partial charge >= 0.3 is 0 Å². The van der Waals surface area contributed by atoms with Crippen LogP contribution >= 0.6 is 0 Å². The molecule has 2 rings (SSSR count). The molecular weight excluding hydrogens is 190 g/mol. The number of nitrogens with one attached hydrogen (secondary N) is 1. The Labute approximate surface area is 89.7 Å². The number of likely N-dealkylation sites (tertiary alicyclic amines) is 1. The highest BCUT2D eigenvalue weighted by Gasteiger charge is 2.10. The second kappa shape index (κ2) is 4.93. The van der Waals surface area contributed by atoms with Crippen LogP contribution in [-0.4, -0.2) is 41.0 Å². The maximum absolute atomic E-state index is 5.55. The molecule has 82 valence electrons. The van der Waals surface area contributed by atoms with Crippen molar-refractivity contribution in [3.63, 3.8) is 0 Å². The number of nitrogens with zero attached hydrogens (tertiary/aromatic N) is 3. The van der Waals surface area contributed by atoms with E-state index < -0.39 is 0 Å². The van der Waals surface area contributed by atoms with E-state index >= 15 is 0 Å². The van der Waals surface area contributed by atoms with Gasteiger partial charge in [-0.25, -0.2) is 4.98 Å². The first kappa shape index (κ1) is 10.2. The van der Waals surface area contributed by atoms with E-state index in [0.29, 0.717) is 11.8 Å². The van der Waals surface area contributed by atoms with Crippen molar-refractivity contribution in [3.8, 4) is 0 Å². The van der Waals surface area contributed by atoms with Crippen molar-refractivity contribution in [1.82, 2.24) is 14.9 Å². The monoisotopic (exact) mass is 207 g/mol. The lowest BCUT2D eigenvalue weighted by atomic mass is 10.4. The summed E-state index contributed by atoms with van der Waals surface area (Å²) in [7, 11) is 0. The van der Waals surface area contributed by atoms with Gasteiger partial charge in [-0.05, 0) is 32.0 Å². The summed E-state index contributed by atoms with van der Waals surface area (Å²) in [6, 6.07) is 1.69. The molecule has 0 atom stereocenters. The Balaban J connectivity index is 1.73. The Morgan fingerprint density at radius 2 is 2.20 bits per heavy atom. The molecule has 0 amide bonds. The number of nitrogen functional groups attached to an aromatic ring is 1. The second-order valence-electron chi connectivity index (χ2n) is 3.78. The zero-order chi connectivity index (χ0) is 10.5. The predicted molar refractivity (Wildman–Crippen MR) is 60.6 cm³/mol. The van der Waals surface area contributed by atoms with E-state index in [4.69, 9.17) is 5.73 Å². The molecule has 0 saturated carbocycles. The molecule has 0 radical (unpaired) electrons. The lowest BCUT2D eigenvalue weighted by Crippen LogP contribution is -2.26. The highest BCUT2D eigenvalue weighted by atomic mass is 15.2. The number of hydrogen-bond acceptors (Lipinski definition) is 5. The van der Waals surface area contributed by atoms with Crippen LogP contribution < -0.4 is 11.1 Å². The summed E-state index contributed by atoms with van der Waals surface area (Å²) in [6.45, 7) is 4.38.